The summed E-state index contributed by atoms with van der Waals surface area (Å²) in [5.74, 6) is 1.14. The number of nitriles is 1. The molecule has 0 saturated heterocycles. The number of nitrogens with one attached hydrogen (secondary N) is 1. The molecule has 0 atom stereocenters. The van der Waals surface area contributed by atoms with E-state index in [1.54, 1.807) is 11.8 Å². The zero-order chi connectivity index (χ0) is 11.2. The van der Waals surface area contributed by atoms with Crippen molar-refractivity contribution in [2.45, 2.75) is 12.8 Å². The summed E-state index contributed by atoms with van der Waals surface area (Å²) in [7, 11) is 0. The van der Waals surface area contributed by atoms with E-state index in [1.165, 1.54) is 0 Å². The Morgan fingerprint density at radius 3 is 2.81 bits per heavy atom. The number of benzene rings is 1. The van der Waals surface area contributed by atoms with Gasteiger partial charge >= 0.3 is 0 Å². The van der Waals surface area contributed by atoms with Gasteiger partial charge in [0.15, 0.2) is 5.17 Å². The van der Waals surface area contributed by atoms with E-state index in [9.17, 15) is 0 Å². The zero-order valence-electron chi connectivity index (χ0n) is 8.94. The van der Waals surface area contributed by atoms with Gasteiger partial charge in [0, 0.05) is 18.0 Å². The molecule has 1 aliphatic rings. The van der Waals surface area contributed by atoms with Crippen molar-refractivity contribution in [2.75, 3.05) is 17.6 Å². The first-order chi connectivity index (χ1) is 7.88. The van der Waals surface area contributed by atoms with Gasteiger partial charge in [-0.25, -0.2) is 0 Å². The summed E-state index contributed by atoms with van der Waals surface area (Å²) >= 11 is 1.76. The topological polar surface area (TPSA) is 48.2 Å². The first-order valence-electron chi connectivity index (χ1n) is 5.28. The highest BCUT2D eigenvalue weighted by atomic mass is 32.2. The summed E-state index contributed by atoms with van der Waals surface area (Å²) in [6.45, 7) is 0.919. The molecule has 0 unspecified atom stereocenters. The standard InChI is InChI=1S/C12H13N3S/c13-7-6-10-2-4-11(5-3-10)15-12-14-8-1-9-16-12/h2-5H,1,6,8-9H2,(H,14,15). The first-order valence-corrected chi connectivity index (χ1v) is 6.27. The Morgan fingerprint density at radius 2 is 2.19 bits per heavy atom. The summed E-state index contributed by atoms with van der Waals surface area (Å²) in [6.07, 6.45) is 1.63. The number of aliphatic imine (C=N–C) groups is 1. The Hall–Kier alpha value is -1.47. The van der Waals surface area contributed by atoms with Gasteiger partial charge in [0.1, 0.15) is 0 Å². The van der Waals surface area contributed by atoms with E-state index in [4.69, 9.17) is 5.26 Å². The molecule has 1 aromatic rings. The molecular weight excluding hydrogens is 218 g/mol. The molecule has 0 aliphatic carbocycles. The van der Waals surface area contributed by atoms with Crippen LogP contribution in [-0.4, -0.2) is 17.5 Å². The Balaban J connectivity index is 1.99. The molecule has 3 nitrogen and oxygen atoms in total. The second-order valence-corrected chi connectivity index (χ2v) is 4.63. The fraction of sp³-hybridized carbons (Fsp3) is 0.333. The third-order valence-corrected chi connectivity index (χ3v) is 3.28. The van der Waals surface area contributed by atoms with Crippen molar-refractivity contribution < 1.29 is 0 Å². The van der Waals surface area contributed by atoms with Gasteiger partial charge in [0.2, 0.25) is 0 Å². The molecule has 4 heteroatoms. The third-order valence-electron chi connectivity index (χ3n) is 2.29. The predicted molar refractivity (Wildman–Crippen MR) is 68.8 cm³/mol. The van der Waals surface area contributed by atoms with E-state index in [1.807, 2.05) is 24.3 Å². The molecule has 82 valence electrons. The minimum absolute atomic E-state index is 0.468. The van der Waals surface area contributed by atoms with E-state index < -0.39 is 0 Å². The second-order valence-electron chi connectivity index (χ2n) is 3.55. The van der Waals surface area contributed by atoms with Crippen molar-refractivity contribution in [3.05, 3.63) is 29.8 Å². The molecule has 0 spiro atoms. The average molecular weight is 231 g/mol. The molecule has 1 heterocycles. The van der Waals surface area contributed by atoms with Crippen molar-refractivity contribution in [1.82, 2.24) is 0 Å². The van der Waals surface area contributed by atoms with Gasteiger partial charge in [0.25, 0.3) is 0 Å². The van der Waals surface area contributed by atoms with Crippen molar-refractivity contribution >= 4 is 22.6 Å². The minimum atomic E-state index is 0.468. The van der Waals surface area contributed by atoms with Crippen molar-refractivity contribution in [3.8, 4) is 6.07 Å². The molecule has 0 aromatic heterocycles. The first kappa shape index (κ1) is 11.0. The monoisotopic (exact) mass is 231 g/mol. The lowest BCUT2D eigenvalue weighted by Crippen LogP contribution is -2.13. The SMILES string of the molecule is N#CCc1ccc(NC2=NCCCS2)cc1. The van der Waals surface area contributed by atoms with Crippen molar-refractivity contribution in [2.24, 2.45) is 4.99 Å². The molecule has 2 rings (SSSR count). The highest BCUT2D eigenvalue weighted by Crippen LogP contribution is 2.16. The Morgan fingerprint density at radius 1 is 1.38 bits per heavy atom. The Bertz CT molecular complexity index is 417. The largest absolute Gasteiger partial charge is 0.335 e. The molecule has 0 saturated carbocycles. The van der Waals surface area contributed by atoms with E-state index in [-0.39, 0.29) is 0 Å². The highest BCUT2D eigenvalue weighted by molar-refractivity contribution is 8.14. The maximum absolute atomic E-state index is 8.56. The minimum Gasteiger partial charge on any atom is -0.335 e. The number of hydrogen-bond donors (Lipinski definition) is 1. The van der Waals surface area contributed by atoms with E-state index in [0.29, 0.717) is 6.42 Å². The van der Waals surface area contributed by atoms with Gasteiger partial charge in [0.05, 0.1) is 12.5 Å². The molecule has 0 amide bonds. The quantitative estimate of drug-likeness (QED) is 0.851. The molecule has 0 fully saturated rings. The number of hydrogen-bond acceptors (Lipinski definition) is 4. The molecule has 16 heavy (non-hydrogen) atoms. The normalized spacial score (nSPS) is 15.1. The van der Waals surface area contributed by atoms with Gasteiger partial charge in [-0.3, -0.25) is 4.99 Å². The van der Waals surface area contributed by atoms with Gasteiger partial charge < -0.3 is 5.32 Å². The fourth-order valence-corrected chi connectivity index (χ4v) is 2.30. The van der Waals surface area contributed by atoms with Crippen LogP contribution in [0.3, 0.4) is 0 Å². The molecule has 1 aliphatic heterocycles. The van der Waals surface area contributed by atoms with E-state index >= 15 is 0 Å². The summed E-state index contributed by atoms with van der Waals surface area (Å²) in [5, 5.41) is 12.8. The molecule has 0 radical (unpaired) electrons. The highest BCUT2D eigenvalue weighted by Gasteiger charge is 2.05. The van der Waals surface area contributed by atoms with Crippen LogP contribution < -0.4 is 5.32 Å². The molecule has 1 aromatic carbocycles. The van der Waals surface area contributed by atoms with Gasteiger partial charge in [-0.05, 0) is 24.1 Å². The third kappa shape index (κ3) is 3.01. The average Bonchev–Trinajstić information content (AvgIpc) is 2.33. The number of anilines is 1. The van der Waals surface area contributed by atoms with E-state index in [0.717, 1.165) is 35.1 Å². The van der Waals surface area contributed by atoms with Crippen LogP contribution in [-0.2, 0) is 6.42 Å². The lowest BCUT2D eigenvalue weighted by atomic mass is 10.1. The molecular formula is C12H13N3S. The maximum atomic E-state index is 8.56. The Labute approximate surface area is 99.6 Å². The molecule has 0 bridgehead atoms. The van der Waals surface area contributed by atoms with Gasteiger partial charge in [-0.15, -0.1) is 0 Å². The fourth-order valence-electron chi connectivity index (χ4n) is 1.46. The van der Waals surface area contributed by atoms with Crippen LogP contribution in [0.4, 0.5) is 5.69 Å². The van der Waals surface area contributed by atoms with Crippen LogP contribution in [0, 0.1) is 11.3 Å². The number of amidine groups is 1. The maximum Gasteiger partial charge on any atom is 0.161 e. The van der Waals surface area contributed by atoms with Crippen molar-refractivity contribution in [3.63, 3.8) is 0 Å². The summed E-state index contributed by atoms with van der Waals surface area (Å²) in [5.41, 5.74) is 2.08. The number of nitrogens with zero attached hydrogens (tertiary/aromatic N) is 2. The Kier molecular flexibility index (Phi) is 3.84. The number of thioether (sulfide) groups is 1. The number of rotatable bonds is 2. The smallest absolute Gasteiger partial charge is 0.161 e. The lowest BCUT2D eigenvalue weighted by Gasteiger charge is -2.13. The van der Waals surface area contributed by atoms with Crippen LogP contribution in [0.25, 0.3) is 0 Å². The van der Waals surface area contributed by atoms with Gasteiger partial charge in [-0.1, -0.05) is 23.9 Å². The molecule has 1 N–H and O–H groups in total. The van der Waals surface area contributed by atoms with Crippen LogP contribution >= 0.6 is 11.8 Å². The van der Waals surface area contributed by atoms with Crippen LogP contribution in [0.2, 0.25) is 0 Å². The van der Waals surface area contributed by atoms with Crippen molar-refractivity contribution in [1.29, 1.82) is 5.26 Å². The second kappa shape index (κ2) is 5.57. The summed E-state index contributed by atoms with van der Waals surface area (Å²) < 4.78 is 0. The van der Waals surface area contributed by atoms with Gasteiger partial charge in [-0.2, -0.15) is 5.26 Å². The van der Waals surface area contributed by atoms with Crippen LogP contribution in [0.15, 0.2) is 29.3 Å². The van der Waals surface area contributed by atoms with E-state index in [2.05, 4.69) is 16.4 Å². The summed E-state index contributed by atoms with van der Waals surface area (Å²) in [4.78, 5) is 4.40. The zero-order valence-corrected chi connectivity index (χ0v) is 9.76. The van der Waals surface area contributed by atoms with Crippen LogP contribution in [0.1, 0.15) is 12.0 Å². The predicted octanol–water partition coefficient (Wildman–Crippen LogP) is 2.66. The van der Waals surface area contributed by atoms with Crippen LogP contribution in [0.5, 0.6) is 0 Å². The lowest BCUT2D eigenvalue weighted by molar-refractivity contribution is 0.938. The summed E-state index contributed by atoms with van der Waals surface area (Å²) in [6, 6.07) is 10.1.